The number of nitrogens with one attached hydrogen (secondary N) is 1. The molecule has 0 radical (unpaired) electrons. The molecule has 0 aliphatic rings. The first-order valence-corrected chi connectivity index (χ1v) is 11.1. The summed E-state index contributed by atoms with van der Waals surface area (Å²) < 4.78 is 30.2. The Morgan fingerprint density at radius 2 is 1.81 bits per heavy atom. The van der Waals surface area contributed by atoms with Crippen molar-refractivity contribution in [1.82, 2.24) is 0 Å². The van der Waals surface area contributed by atoms with Crippen LogP contribution in [0.1, 0.15) is 28.8 Å². The maximum Gasteiger partial charge on any atom is 0.337 e. The quantitative estimate of drug-likeness (QED) is 0.353. The number of non-ortho nitro benzene ring substituents is 1. The molecule has 1 N–H and O–H groups in total. The second kappa shape index (κ2) is 10.0. The first kappa shape index (κ1) is 23.8. The number of carbonyl (C=O) groups is 2. The lowest BCUT2D eigenvalue weighted by Crippen LogP contribution is -2.32. The molecular formula is C20H23N3O7S. The molecule has 0 aliphatic heterocycles. The van der Waals surface area contributed by atoms with Crippen LogP contribution in [0.3, 0.4) is 0 Å². The van der Waals surface area contributed by atoms with Crippen LogP contribution >= 0.6 is 0 Å². The van der Waals surface area contributed by atoms with E-state index in [-0.39, 0.29) is 36.7 Å². The van der Waals surface area contributed by atoms with Gasteiger partial charge in [0.15, 0.2) is 0 Å². The third-order valence-corrected chi connectivity index (χ3v) is 5.61. The van der Waals surface area contributed by atoms with E-state index in [2.05, 4.69) is 10.1 Å². The van der Waals surface area contributed by atoms with Gasteiger partial charge in [0.1, 0.15) is 0 Å². The highest BCUT2D eigenvalue weighted by Crippen LogP contribution is 2.27. The molecule has 0 spiro atoms. The maximum absolute atomic E-state index is 12.3. The molecule has 0 aromatic heterocycles. The van der Waals surface area contributed by atoms with Gasteiger partial charge in [-0.25, -0.2) is 13.2 Å². The van der Waals surface area contributed by atoms with Crippen LogP contribution in [-0.4, -0.2) is 45.1 Å². The van der Waals surface area contributed by atoms with Crippen molar-refractivity contribution in [2.45, 2.75) is 19.8 Å². The summed E-state index contributed by atoms with van der Waals surface area (Å²) in [6.07, 6.45) is 1.23. The van der Waals surface area contributed by atoms with Gasteiger partial charge in [-0.1, -0.05) is 6.07 Å². The smallest absolute Gasteiger partial charge is 0.337 e. The first-order valence-electron chi connectivity index (χ1n) is 9.24. The Hall–Kier alpha value is -3.47. The van der Waals surface area contributed by atoms with E-state index in [1.54, 1.807) is 19.1 Å². The standard InChI is InChI=1S/C20H23N3O7S/c1-14-6-11-17(23(26)27)13-18(14)22(31(3,28)29)12-4-5-19(24)21-16-9-7-15(8-10-16)20(25)30-2/h6-11,13H,4-5,12H2,1-3H3,(H,21,24). The number of nitrogens with zero attached hydrogens (tertiary/aromatic N) is 2. The van der Waals surface area contributed by atoms with Crippen molar-refractivity contribution >= 4 is 39.0 Å². The van der Waals surface area contributed by atoms with Crippen LogP contribution in [0.5, 0.6) is 0 Å². The monoisotopic (exact) mass is 449 g/mol. The first-order chi connectivity index (χ1) is 14.5. The number of benzene rings is 2. The second-order valence-electron chi connectivity index (χ2n) is 6.78. The Morgan fingerprint density at radius 1 is 1.16 bits per heavy atom. The minimum absolute atomic E-state index is 0.0183. The van der Waals surface area contributed by atoms with E-state index in [4.69, 9.17) is 0 Å². The molecule has 0 heterocycles. The van der Waals surface area contributed by atoms with Crippen LogP contribution in [0.2, 0.25) is 0 Å². The Labute approximate surface area is 180 Å². The number of hydrogen-bond acceptors (Lipinski definition) is 7. The molecule has 2 rings (SSSR count). The van der Waals surface area contributed by atoms with Gasteiger partial charge < -0.3 is 10.1 Å². The number of nitro benzene ring substituents is 1. The SMILES string of the molecule is COC(=O)c1ccc(NC(=O)CCCN(c2cc([N+](=O)[O-])ccc2C)S(C)(=O)=O)cc1. The van der Waals surface area contributed by atoms with E-state index >= 15 is 0 Å². The van der Waals surface area contributed by atoms with E-state index in [0.29, 0.717) is 16.8 Å². The predicted octanol–water partition coefficient (Wildman–Crippen LogP) is 2.87. The van der Waals surface area contributed by atoms with Crippen LogP contribution < -0.4 is 9.62 Å². The summed E-state index contributed by atoms with van der Waals surface area (Å²) in [5.41, 5.74) is 1.37. The fraction of sp³-hybridized carbons (Fsp3) is 0.300. The zero-order chi connectivity index (χ0) is 23.2. The molecule has 1 amide bonds. The number of amides is 1. The Morgan fingerprint density at radius 3 is 2.35 bits per heavy atom. The average Bonchev–Trinajstić information content (AvgIpc) is 2.71. The number of aryl methyl sites for hydroxylation is 1. The molecule has 166 valence electrons. The van der Waals surface area contributed by atoms with Crippen molar-refractivity contribution < 1.29 is 27.7 Å². The minimum Gasteiger partial charge on any atom is -0.465 e. The summed E-state index contributed by atoms with van der Waals surface area (Å²) in [5, 5.41) is 13.7. The summed E-state index contributed by atoms with van der Waals surface area (Å²) in [6, 6.07) is 10.1. The fourth-order valence-electron chi connectivity index (χ4n) is 2.86. The molecule has 11 heteroatoms. The number of methoxy groups -OCH3 is 1. The highest BCUT2D eigenvalue weighted by atomic mass is 32.2. The molecule has 0 saturated carbocycles. The number of anilines is 2. The highest BCUT2D eigenvalue weighted by molar-refractivity contribution is 7.92. The van der Waals surface area contributed by atoms with Crippen LogP contribution in [0.4, 0.5) is 17.1 Å². The van der Waals surface area contributed by atoms with Crippen molar-refractivity contribution in [3.8, 4) is 0 Å². The Bertz CT molecular complexity index is 1080. The van der Waals surface area contributed by atoms with Gasteiger partial charge in [-0.2, -0.15) is 0 Å². The van der Waals surface area contributed by atoms with Gasteiger partial charge in [0.05, 0.1) is 29.5 Å². The number of sulfonamides is 1. The third kappa shape index (κ3) is 6.51. The zero-order valence-corrected chi connectivity index (χ0v) is 18.1. The van der Waals surface area contributed by atoms with Crippen LogP contribution in [0.15, 0.2) is 42.5 Å². The molecule has 0 unspecified atom stereocenters. The van der Waals surface area contributed by atoms with Crippen molar-refractivity contribution in [2.75, 3.05) is 29.5 Å². The molecule has 0 atom stereocenters. The van der Waals surface area contributed by atoms with E-state index in [1.807, 2.05) is 0 Å². The lowest BCUT2D eigenvalue weighted by molar-refractivity contribution is -0.384. The maximum atomic E-state index is 12.3. The highest BCUT2D eigenvalue weighted by Gasteiger charge is 2.22. The second-order valence-corrected chi connectivity index (χ2v) is 8.69. The van der Waals surface area contributed by atoms with Gasteiger partial charge in [-0.15, -0.1) is 0 Å². The molecule has 0 fully saturated rings. The van der Waals surface area contributed by atoms with Gasteiger partial charge >= 0.3 is 5.97 Å². The van der Waals surface area contributed by atoms with Crippen molar-refractivity contribution in [3.05, 3.63) is 63.7 Å². The average molecular weight is 449 g/mol. The van der Waals surface area contributed by atoms with E-state index in [1.165, 1.54) is 37.4 Å². The van der Waals surface area contributed by atoms with Gasteiger partial charge in [0, 0.05) is 30.8 Å². The van der Waals surface area contributed by atoms with Gasteiger partial charge in [0.25, 0.3) is 5.69 Å². The Kier molecular flexibility index (Phi) is 7.70. The fourth-order valence-corrected chi connectivity index (χ4v) is 3.87. The summed E-state index contributed by atoms with van der Waals surface area (Å²) in [4.78, 5) is 34.1. The van der Waals surface area contributed by atoms with E-state index in [9.17, 15) is 28.1 Å². The van der Waals surface area contributed by atoms with Crippen molar-refractivity contribution in [3.63, 3.8) is 0 Å². The molecule has 0 saturated heterocycles. The number of esters is 1. The number of rotatable bonds is 9. The van der Waals surface area contributed by atoms with Crippen LogP contribution in [0.25, 0.3) is 0 Å². The zero-order valence-electron chi connectivity index (χ0n) is 17.3. The largest absolute Gasteiger partial charge is 0.465 e. The number of hydrogen-bond donors (Lipinski definition) is 1. The van der Waals surface area contributed by atoms with E-state index in [0.717, 1.165) is 10.6 Å². The summed E-state index contributed by atoms with van der Waals surface area (Å²) in [5.74, 6) is -0.829. The lowest BCUT2D eigenvalue weighted by atomic mass is 10.1. The third-order valence-electron chi connectivity index (χ3n) is 4.43. The van der Waals surface area contributed by atoms with Gasteiger partial charge in [-0.05, 0) is 43.2 Å². The summed E-state index contributed by atoms with van der Waals surface area (Å²) in [7, 11) is -2.45. The lowest BCUT2D eigenvalue weighted by Gasteiger charge is -2.24. The molecule has 2 aromatic carbocycles. The number of ether oxygens (including phenoxy) is 1. The molecular weight excluding hydrogens is 426 g/mol. The van der Waals surface area contributed by atoms with Crippen LogP contribution in [-0.2, 0) is 19.6 Å². The number of nitro groups is 1. The summed E-state index contributed by atoms with van der Waals surface area (Å²) in [6.45, 7) is 1.64. The molecule has 10 nitrogen and oxygen atoms in total. The summed E-state index contributed by atoms with van der Waals surface area (Å²) >= 11 is 0. The van der Waals surface area contributed by atoms with E-state index < -0.39 is 20.9 Å². The molecule has 0 aliphatic carbocycles. The van der Waals surface area contributed by atoms with Crippen molar-refractivity contribution in [2.24, 2.45) is 0 Å². The number of carbonyl (C=O) groups excluding carboxylic acids is 2. The Balaban J connectivity index is 2.04. The molecule has 2 aromatic rings. The van der Waals surface area contributed by atoms with Crippen molar-refractivity contribution in [1.29, 1.82) is 0 Å². The van der Waals surface area contributed by atoms with Crippen LogP contribution in [0, 0.1) is 17.0 Å². The molecule has 31 heavy (non-hydrogen) atoms. The minimum atomic E-state index is -3.72. The molecule has 0 bridgehead atoms. The van der Waals surface area contributed by atoms with Gasteiger partial charge in [0.2, 0.25) is 15.9 Å². The predicted molar refractivity (Wildman–Crippen MR) is 116 cm³/mol. The van der Waals surface area contributed by atoms with Gasteiger partial charge in [-0.3, -0.25) is 19.2 Å². The topological polar surface area (TPSA) is 136 Å². The normalized spacial score (nSPS) is 10.9.